The number of nitrogens with one attached hydrogen (secondary N) is 1. The average molecular weight is 550 g/mol. The van der Waals surface area contributed by atoms with Crippen LogP contribution < -0.4 is 5.32 Å². The molecule has 2 aromatic carbocycles. The molecular formula is C24H28BrN3O5S. The van der Waals surface area contributed by atoms with Crippen molar-refractivity contribution in [2.75, 3.05) is 6.54 Å². The number of hydrogen-bond acceptors (Lipinski definition) is 5. The molecule has 0 radical (unpaired) electrons. The van der Waals surface area contributed by atoms with Crippen molar-refractivity contribution in [2.24, 2.45) is 0 Å². The van der Waals surface area contributed by atoms with E-state index < -0.39 is 27.9 Å². The fourth-order valence-electron chi connectivity index (χ4n) is 3.63. The molecule has 0 aliphatic carbocycles. The van der Waals surface area contributed by atoms with Gasteiger partial charge in [0.15, 0.2) is 0 Å². The molecule has 10 heteroatoms. The molecule has 2 atom stereocenters. The zero-order valence-electron chi connectivity index (χ0n) is 19.3. The average Bonchev–Trinajstić information content (AvgIpc) is 3.01. The van der Waals surface area contributed by atoms with Crippen LogP contribution in [-0.2, 0) is 26.2 Å². The Morgan fingerprint density at radius 3 is 2.35 bits per heavy atom. The fourth-order valence-corrected chi connectivity index (χ4v) is 5.46. The lowest BCUT2D eigenvalue weighted by Gasteiger charge is -2.30. The van der Waals surface area contributed by atoms with Crippen LogP contribution in [0.3, 0.4) is 0 Å². The van der Waals surface area contributed by atoms with Gasteiger partial charge in [0, 0.05) is 30.0 Å². The fraction of sp³-hybridized carbons (Fsp3) is 0.375. The van der Waals surface area contributed by atoms with Crippen molar-refractivity contribution in [3.63, 3.8) is 0 Å². The Morgan fingerprint density at radius 2 is 1.74 bits per heavy atom. The SMILES string of the molecule is CC[C@@H](C)NC(=O)[C@H](C)N(Cc1ccc(Br)cc1)C(=O)CCN1C(=O)c2ccccc2S1(=O)=O. The largest absolute Gasteiger partial charge is 0.352 e. The number of fused-ring (bicyclic) bond motifs is 1. The lowest BCUT2D eigenvalue weighted by atomic mass is 10.1. The Kier molecular flexibility index (Phi) is 8.14. The molecule has 0 saturated carbocycles. The van der Waals surface area contributed by atoms with E-state index in [-0.39, 0.29) is 41.9 Å². The summed E-state index contributed by atoms with van der Waals surface area (Å²) in [5.74, 6) is -1.36. The minimum absolute atomic E-state index is 0.0505. The molecule has 1 heterocycles. The van der Waals surface area contributed by atoms with Crippen molar-refractivity contribution >= 4 is 43.7 Å². The molecule has 2 aromatic rings. The first-order valence-corrected chi connectivity index (χ1v) is 13.3. The first kappa shape index (κ1) is 25.9. The number of amides is 3. The maximum atomic E-state index is 13.3. The molecule has 0 aromatic heterocycles. The third kappa shape index (κ3) is 5.50. The van der Waals surface area contributed by atoms with Crippen LogP contribution in [0.5, 0.6) is 0 Å². The van der Waals surface area contributed by atoms with E-state index in [1.165, 1.54) is 17.0 Å². The van der Waals surface area contributed by atoms with Crippen LogP contribution in [0.1, 0.15) is 49.5 Å². The summed E-state index contributed by atoms with van der Waals surface area (Å²) in [6, 6.07) is 12.5. The van der Waals surface area contributed by atoms with E-state index in [1.807, 2.05) is 38.1 Å². The normalized spacial score (nSPS) is 16.0. The number of carbonyl (C=O) groups is 3. The number of benzene rings is 2. The Hall–Kier alpha value is -2.72. The molecule has 0 unspecified atom stereocenters. The van der Waals surface area contributed by atoms with Gasteiger partial charge in [0.05, 0.1) is 5.56 Å². The van der Waals surface area contributed by atoms with Gasteiger partial charge < -0.3 is 10.2 Å². The molecule has 3 amide bonds. The highest BCUT2D eigenvalue weighted by molar-refractivity contribution is 9.10. The molecule has 1 aliphatic heterocycles. The molecule has 0 saturated heterocycles. The van der Waals surface area contributed by atoms with Crippen molar-refractivity contribution in [2.45, 2.75) is 57.1 Å². The zero-order valence-corrected chi connectivity index (χ0v) is 21.7. The summed E-state index contributed by atoms with van der Waals surface area (Å²) >= 11 is 3.38. The van der Waals surface area contributed by atoms with E-state index in [4.69, 9.17) is 0 Å². The van der Waals surface area contributed by atoms with Crippen LogP contribution in [0, 0.1) is 0 Å². The molecule has 1 aliphatic rings. The van der Waals surface area contributed by atoms with Crippen LogP contribution in [0.2, 0.25) is 0 Å². The standard InChI is InChI=1S/C24H28BrN3O5S/c1-4-16(2)26-23(30)17(3)27(15-18-9-11-19(25)12-10-18)22(29)13-14-28-24(31)20-7-5-6-8-21(20)34(28,32)33/h5-12,16-17H,4,13-15H2,1-3H3,(H,26,30)/t16-,17+/m1/s1. The van der Waals surface area contributed by atoms with Crippen molar-refractivity contribution in [3.8, 4) is 0 Å². The van der Waals surface area contributed by atoms with Gasteiger partial charge in [0.2, 0.25) is 11.8 Å². The van der Waals surface area contributed by atoms with E-state index in [0.717, 1.165) is 20.8 Å². The Morgan fingerprint density at radius 1 is 1.09 bits per heavy atom. The maximum Gasteiger partial charge on any atom is 0.269 e. The summed E-state index contributed by atoms with van der Waals surface area (Å²) in [5, 5.41) is 2.89. The Balaban J connectivity index is 1.79. The minimum atomic E-state index is -4.01. The molecule has 182 valence electrons. The highest BCUT2D eigenvalue weighted by atomic mass is 79.9. The predicted octanol–water partition coefficient (Wildman–Crippen LogP) is 3.32. The van der Waals surface area contributed by atoms with Gasteiger partial charge in [-0.1, -0.05) is 47.1 Å². The molecule has 0 bridgehead atoms. The Bertz CT molecular complexity index is 1180. The summed E-state index contributed by atoms with van der Waals surface area (Å²) in [6.45, 7) is 5.34. The first-order valence-electron chi connectivity index (χ1n) is 11.1. The lowest BCUT2D eigenvalue weighted by molar-refractivity contribution is -0.140. The van der Waals surface area contributed by atoms with Gasteiger partial charge in [0.1, 0.15) is 10.9 Å². The van der Waals surface area contributed by atoms with E-state index in [2.05, 4.69) is 21.2 Å². The highest BCUT2D eigenvalue weighted by Crippen LogP contribution is 2.30. The van der Waals surface area contributed by atoms with Gasteiger partial charge in [-0.2, -0.15) is 0 Å². The van der Waals surface area contributed by atoms with E-state index in [1.54, 1.807) is 19.1 Å². The van der Waals surface area contributed by atoms with Gasteiger partial charge in [-0.15, -0.1) is 0 Å². The number of carbonyl (C=O) groups excluding carboxylic acids is 3. The number of hydrogen-bond donors (Lipinski definition) is 1. The van der Waals surface area contributed by atoms with Crippen molar-refractivity contribution in [1.29, 1.82) is 0 Å². The van der Waals surface area contributed by atoms with Crippen LogP contribution >= 0.6 is 15.9 Å². The predicted molar refractivity (Wildman–Crippen MR) is 131 cm³/mol. The molecular weight excluding hydrogens is 522 g/mol. The van der Waals surface area contributed by atoms with Gasteiger partial charge >= 0.3 is 0 Å². The van der Waals surface area contributed by atoms with E-state index in [0.29, 0.717) is 0 Å². The molecule has 0 fully saturated rings. The van der Waals surface area contributed by atoms with Crippen LogP contribution in [0.15, 0.2) is 57.9 Å². The molecule has 1 N–H and O–H groups in total. The summed E-state index contributed by atoms with van der Waals surface area (Å²) in [6.07, 6.45) is 0.505. The van der Waals surface area contributed by atoms with E-state index >= 15 is 0 Å². The third-order valence-corrected chi connectivity index (χ3v) is 8.24. The second-order valence-electron chi connectivity index (χ2n) is 8.27. The summed E-state index contributed by atoms with van der Waals surface area (Å²) in [5.41, 5.74) is 0.917. The van der Waals surface area contributed by atoms with Crippen LogP contribution in [0.4, 0.5) is 0 Å². The van der Waals surface area contributed by atoms with Crippen molar-refractivity contribution in [1.82, 2.24) is 14.5 Å². The maximum absolute atomic E-state index is 13.3. The van der Waals surface area contributed by atoms with Crippen LogP contribution in [0.25, 0.3) is 0 Å². The Labute approximate surface area is 208 Å². The second kappa shape index (κ2) is 10.7. The smallest absolute Gasteiger partial charge is 0.269 e. The zero-order chi connectivity index (χ0) is 25.0. The van der Waals surface area contributed by atoms with Gasteiger partial charge in [0.25, 0.3) is 15.9 Å². The monoisotopic (exact) mass is 549 g/mol. The molecule has 3 rings (SSSR count). The number of halogens is 1. The number of sulfonamides is 1. The van der Waals surface area contributed by atoms with Crippen LogP contribution in [-0.4, -0.2) is 54.0 Å². The van der Waals surface area contributed by atoms with Crippen molar-refractivity contribution < 1.29 is 22.8 Å². The second-order valence-corrected chi connectivity index (χ2v) is 11.0. The number of nitrogens with zero attached hydrogens (tertiary/aromatic N) is 2. The topological polar surface area (TPSA) is 104 Å². The quantitative estimate of drug-likeness (QED) is 0.516. The molecule has 0 spiro atoms. The number of rotatable bonds is 9. The van der Waals surface area contributed by atoms with Gasteiger partial charge in [-0.3, -0.25) is 14.4 Å². The molecule has 34 heavy (non-hydrogen) atoms. The van der Waals surface area contributed by atoms with E-state index in [9.17, 15) is 22.8 Å². The summed E-state index contributed by atoms with van der Waals surface area (Å²) in [4.78, 5) is 40.1. The first-order chi connectivity index (χ1) is 16.1. The minimum Gasteiger partial charge on any atom is -0.352 e. The third-order valence-electron chi connectivity index (χ3n) is 5.88. The summed E-state index contributed by atoms with van der Waals surface area (Å²) in [7, 11) is -4.01. The van der Waals surface area contributed by atoms with Gasteiger partial charge in [-0.25, -0.2) is 12.7 Å². The highest BCUT2D eigenvalue weighted by Gasteiger charge is 2.41. The molecule has 8 nitrogen and oxygen atoms in total. The van der Waals surface area contributed by atoms with Gasteiger partial charge in [-0.05, 0) is 50.1 Å². The summed E-state index contributed by atoms with van der Waals surface area (Å²) < 4.78 is 27.2. The van der Waals surface area contributed by atoms with Crippen molar-refractivity contribution in [3.05, 3.63) is 64.1 Å². The lowest BCUT2D eigenvalue weighted by Crippen LogP contribution is -2.50.